The lowest BCUT2D eigenvalue weighted by Crippen LogP contribution is -2.42. The second-order valence-electron chi connectivity index (χ2n) is 7.46. The Bertz CT molecular complexity index is 933. The molecule has 0 bridgehead atoms. The van der Waals surface area contributed by atoms with Gasteiger partial charge in [0.1, 0.15) is 6.04 Å². The third-order valence-corrected chi connectivity index (χ3v) is 5.63. The number of hydrogen-bond donors (Lipinski definition) is 1. The average Bonchev–Trinajstić information content (AvgIpc) is 3.37. The minimum Gasteiger partial charge on any atom is -0.326 e. The number of rotatable bonds is 4. The van der Waals surface area contributed by atoms with Gasteiger partial charge >= 0.3 is 0 Å². The smallest absolute Gasteiger partial charge is 0.237 e. The molecule has 7 nitrogen and oxygen atoms in total. The summed E-state index contributed by atoms with van der Waals surface area (Å²) in [6.45, 7) is 2.21. The fourth-order valence-corrected chi connectivity index (χ4v) is 4.11. The van der Waals surface area contributed by atoms with E-state index in [0.29, 0.717) is 19.6 Å². The second-order valence-corrected chi connectivity index (χ2v) is 7.46. The zero-order valence-electron chi connectivity index (χ0n) is 15.7. The maximum Gasteiger partial charge on any atom is 0.237 e. The molecule has 4 rings (SSSR count). The van der Waals surface area contributed by atoms with E-state index in [9.17, 15) is 9.59 Å². The Balaban J connectivity index is 1.35. The van der Waals surface area contributed by atoms with Crippen LogP contribution in [-0.4, -0.2) is 58.8 Å². The van der Waals surface area contributed by atoms with Crippen LogP contribution in [0.5, 0.6) is 0 Å². The second kappa shape index (κ2) is 7.95. The molecule has 0 saturated carbocycles. The lowest BCUT2D eigenvalue weighted by molar-refractivity contribution is -0.132. The van der Waals surface area contributed by atoms with Gasteiger partial charge < -0.3 is 10.2 Å². The maximum atomic E-state index is 12.7. The van der Waals surface area contributed by atoms with Crippen molar-refractivity contribution in [2.45, 2.75) is 25.3 Å². The van der Waals surface area contributed by atoms with Crippen LogP contribution in [0.4, 0.5) is 5.69 Å². The summed E-state index contributed by atoms with van der Waals surface area (Å²) in [6, 6.07) is 11.4. The molecule has 0 aliphatic carbocycles. The first-order valence-electron chi connectivity index (χ1n) is 9.72. The summed E-state index contributed by atoms with van der Waals surface area (Å²) in [5, 5.41) is 13.1. The van der Waals surface area contributed by atoms with Crippen LogP contribution < -0.4 is 5.32 Å². The van der Waals surface area contributed by atoms with Gasteiger partial charge in [0, 0.05) is 24.7 Å². The number of amides is 2. The van der Waals surface area contributed by atoms with Crippen molar-refractivity contribution in [2.24, 2.45) is 5.92 Å². The third kappa shape index (κ3) is 3.69. The number of aromatic nitrogens is 1. The lowest BCUT2D eigenvalue weighted by atomic mass is 10.1. The Morgan fingerprint density at radius 2 is 2.07 bits per heavy atom. The lowest BCUT2D eigenvalue weighted by Gasteiger charge is -2.23. The highest BCUT2D eigenvalue weighted by atomic mass is 16.2. The van der Waals surface area contributed by atoms with Crippen molar-refractivity contribution in [1.29, 1.82) is 5.26 Å². The van der Waals surface area contributed by atoms with E-state index in [4.69, 9.17) is 5.26 Å². The summed E-state index contributed by atoms with van der Waals surface area (Å²) in [6.07, 6.45) is 4.06. The predicted octanol–water partition coefficient (Wildman–Crippen LogP) is 2.01. The van der Waals surface area contributed by atoms with Crippen molar-refractivity contribution in [3.8, 4) is 6.07 Å². The number of nitrogens with zero attached hydrogens (tertiary/aromatic N) is 4. The van der Waals surface area contributed by atoms with Gasteiger partial charge in [-0.25, -0.2) is 0 Å². The highest BCUT2D eigenvalue weighted by Gasteiger charge is 2.33. The largest absolute Gasteiger partial charge is 0.326 e. The van der Waals surface area contributed by atoms with Gasteiger partial charge in [0.15, 0.2) is 0 Å². The maximum absolute atomic E-state index is 12.7. The molecule has 1 aromatic heterocycles. The van der Waals surface area contributed by atoms with Gasteiger partial charge in [-0.3, -0.25) is 19.5 Å². The van der Waals surface area contributed by atoms with Crippen LogP contribution in [0, 0.1) is 17.2 Å². The highest BCUT2D eigenvalue weighted by Crippen LogP contribution is 2.24. The molecule has 0 radical (unpaired) electrons. The topological polar surface area (TPSA) is 89.3 Å². The number of carbonyl (C=O) groups excluding carboxylic acids is 2. The van der Waals surface area contributed by atoms with Gasteiger partial charge in [-0.1, -0.05) is 18.2 Å². The van der Waals surface area contributed by atoms with Crippen molar-refractivity contribution < 1.29 is 9.59 Å². The number of para-hydroxylation sites is 1. The Morgan fingerprint density at radius 1 is 1.21 bits per heavy atom. The molecule has 2 amide bonds. The molecule has 1 N–H and O–H groups in total. The molecule has 2 fully saturated rings. The Hall–Kier alpha value is -2.98. The SMILES string of the molecule is N#CC1CCCN1C(=O)CN1CCC(C(=O)Nc2ccnc3ccccc23)C1. The number of carbonyl (C=O) groups is 2. The zero-order chi connectivity index (χ0) is 19.5. The van der Waals surface area contributed by atoms with Crippen LogP contribution in [-0.2, 0) is 9.59 Å². The first-order chi connectivity index (χ1) is 13.7. The predicted molar refractivity (Wildman–Crippen MR) is 105 cm³/mol. The van der Waals surface area contributed by atoms with Crippen LogP contribution >= 0.6 is 0 Å². The van der Waals surface area contributed by atoms with E-state index in [1.165, 1.54) is 0 Å². The number of anilines is 1. The third-order valence-electron chi connectivity index (χ3n) is 5.63. The molecule has 3 heterocycles. The molecule has 2 unspecified atom stereocenters. The standard InChI is InChI=1S/C21H23N5O2/c22-12-16-4-3-10-26(16)20(27)14-25-11-8-15(13-25)21(28)24-19-7-9-23-18-6-2-1-5-17(18)19/h1-2,5-7,9,15-16H,3-4,8,10-11,13-14H2,(H,23,24,28). The fraction of sp³-hybridized carbons (Fsp3) is 0.429. The van der Waals surface area contributed by atoms with Crippen molar-refractivity contribution in [3.05, 3.63) is 36.5 Å². The average molecular weight is 377 g/mol. The zero-order valence-corrected chi connectivity index (χ0v) is 15.7. The molecule has 2 aliphatic heterocycles. The van der Waals surface area contributed by atoms with E-state index < -0.39 is 0 Å². The summed E-state index contributed by atoms with van der Waals surface area (Å²) in [5.41, 5.74) is 1.61. The van der Waals surface area contributed by atoms with Crippen LogP contribution in [0.3, 0.4) is 0 Å². The van der Waals surface area contributed by atoms with E-state index in [1.807, 2.05) is 35.2 Å². The van der Waals surface area contributed by atoms with Crippen molar-refractivity contribution in [1.82, 2.24) is 14.8 Å². The van der Waals surface area contributed by atoms with Gasteiger partial charge in [0.2, 0.25) is 11.8 Å². The molecule has 28 heavy (non-hydrogen) atoms. The quantitative estimate of drug-likeness (QED) is 0.880. The highest BCUT2D eigenvalue weighted by molar-refractivity contribution is 6.01. The van der Waals surface area contributed by atoms with Gasteiger partial charge in [0.05, 0.1) is 29.7 Å². The van der Waals surface area contributed by atoms with Crippen LogP contribution in [0.15, 0.2) is 36.5 Å². The molecule has 2 aliphatic rings. The minimum atomic E-state index is -0.297. The van der Waals surface area contributed by atoms with Gasteiger partial charge in [0.25, 0.3) is 0 Å². The first kappa shape index (κ1) is 18.4. The Labute approximate surface area is 163 Å². The molecular weight excluding hydrogens is 354 g/mol. The Morgan fingerprint density at radius 3 is 2.93 bits per heavy atom. The van der Waals surface area contributed by atoms with Crippen LogP contribution in [0.1, 0.15) is 19.3 Å². The molecule has 2 atom stereocenters. The van der Waals surface area contributed by atoms with E-state index in [2.05, 4.69) is 16.4 Å². The Kier molecular flexibility index (Phi) is 5.22. The minimum absolute atomic E-state index is 0.00904. The molecule has 7 heteroatoms. The summed E-state index contributed by atoms with van der Waals surface area (Å²) in [5.74, 6) is -0.183. The van der Waals surface area contributed by atoms with Crippen molar-refractivity contribution in [2.75, 3.05) is 31.5 Å². The fourth-order valence-electron chi connectivity index (χ4n) is 4.11. The van der Waals surface area contributed by atoms with Crippen molar-refractivity contribution >= 4 is 28.4 Å². The van der Waals surface area contributed by atoms with Crippen molar-refractivity contribution in [3.63, 3.8) is 0 Å². The van der Waals surface area contributed by atoms with E-state index in [0.717, 1.165) is 35.9 Å². The molecule has 144 valence electrons. The molecule has 2 aromatic rings. The summed E-state index contributed by atoms with van der Waals surface area (Å²) < 4.78 is 0. The van der Waals surface area contributed by atoms with Gasteiger partial charge in [-0.2, -0.15) is 5.26 Å². The number of likely N-dealkylation sites (tertiary alicyclic amines) is 2. The van der Waals surface area contributed by atoms with Gasteiger partial charge in [-0.05, 0) is 37.9 Å². The van der Waals surface area contributed by atoms with E-state index >= 15 is 0 Å². The number of nitrogens with one attached hydrogen (secondary N) is 1. The van der Waals surface area contributed by atoms with Gasteiger partial charge in [-0.15, -0.1) is 0 Å². The summed E-state index contributed by atoms with van der Waals surface area (Å²) >= 11 is 0. The van der Waals surface area contributed by atoms with Crippen LogP contribution in [0.2, 0.25) is 0 Å². The summed E-state index contributed by atoms with van der Waals surface area (Å²) in [4.78, 5) is 33.3. The molecular formula is C21H23N5O2. The van der Waals surface area contributed by atoms with Crippen LogP contribution in [0.25, 0.3) is 10.9 Å². The molecule has 2 saturated heterocycles. The van der Waals surface area contributed by atoms with E-state index in [-0.39, 0.29) is 30.3 Å². The number of pyridine rings is 1. The summed E-state index contributed by atoms with van der Waals surface area (Å²) in [7, 11) is 0. The molecule has 1 aromatic carbocycles. The number of nitriles is 1. The molecule has 0 spiro atoms. The number of benzene rings is 1. The number of fused-ring (bicyclic) bond motifs is 1. The monoisotopic (exact) mass is 377 g/mol. The number of hydrogen-bond acceptors (Lipinski definition) is 5. The normalized spacial score (nSPS) is 22.3. The van der Waals surface area contributed by atoms with E-state index in [1.54, 1.807) is 11.1 Å². The first-order valence-corrected chi connectivity index (χ1v) is 9.72.